The van der Waals surface area contributed by atoms with Crippen LogP contribution >= 0.6 is 0 Å². The SMILES string of the molecule is CNC(=O)CCN[C@@H](C)c1ccc(F)cc1. The van der Waals surface area contributed by atoms with Gasteiger partial charge in [-0.3, -0.25) is 4.79 Å². The number of hydrogen-bond acceptors (Lipinski definition) is 2. The Bertz CT molecular complexity index is 337. The van der Waals surface area contributed by atoms with Crippen LogP contribution in [0.4, 0.5) is 4.39 Å². The normalized spacial score (nSPS) is 12.2. The van der Waals surface area contributed by atoms with Gasteiger partial charge >= 0.3 is 0 Å². The molecule has 3 nitrogen and oxygen atoms in total. The van der Waals surface area contributed by atoms with Crippen molar-refractivity contribution < 1.29 is 9.18 Å². The molecular formula is C12H17FN2O. The number of halogens is 1. The lowest BCUT2D eigenvalue weighted by Crippen LogP contribution is -2.26. The first kappa shape index (κ1) is 12.6. The van der Waals surface area contributed by atoms with E-state index in [1.165, 1.54) is 12.1 Å². The van der Waals surface area contributed by atoms with Crippen molar-refractivity contribution in [3.05, 3.63) is 35.6 Å². The summed E-state index contributed by atoms with van der Waals surface area (Å²) in [5, 5.41) is 5.76. The van der Waals surface area contributed by atoms with E-state index in [1.807, 2.05) is 6.92 Å². The Labute approximate surface area is 95.0 Å². The molecule has 0 aromatic heterocycles. The number of rotatable bonds is 5. The lowest BCUT2D eigenvalue weighted by molar-refractivity contribution is -0.120. The summed E-state index contributed by atoms with van der Waals surface area (Å²) < 4.78 is 12.7. The van der Waals surface area contributed by atoms with Crippen molar-refractivity contribution in [3.8, 4) is 0 Å². The second kappa shape index (κ2) is 6.23. The first-order chi connectivity index (χ1) is 7.63. The average Bonchev–Trinajstić information content (AvgIpc) is 2.29. The number of carbonyl (C=O) groups excluding carboxylic acids is 1. The van der Waals surface area contributed by atoms with Crippen molar-refractivity contribution in [2.75, 3.05) is 13.6 Å². The maximum absolute atomic E-state index is 12.7. The third-order valence-electron chi connectivity index (χ3n) is 2.45. The van der Waals surface area contributed by atoms with E-state index >= 15 is 0 Å². The van der Waals surface area contributed by atoms with Gasteiger partial charge in [0.1, 0.15) is 5.82 Å². The second-order valence-electron chi connectivity index (χ2n) is 3.65. The van der Waals surface area contributed by atoms with Gasteiger partial charge in [0.2, 0.25) is 5.91 Å². The van der Waals surface area contributed by atoms with Gasteiger partial charge in [-0.15, -0.1) is 0 Å². The maximum atomic E-state index is 12.7. The summed E-state index contributed by atoms with van der Waals surface area (Å²) in [7, 11) is 1.62. The Morgan fingerprint density at radius 2 is 2.00 bits per heavy atom. The molecule has 0 aliphatic carbocycles. The van der Waals surface area contributed by atoms with Gasteiger partial charge < -0.3 is 10.6 Å². The molecule has 0 radical (unpaired) electrons. The molecule has 0 saturated heterocycles. The van der Waals surface area contributed by atoms with Gasteiger partial charge in [0.05, 0.1) is 0 Å². The topological polar surface area (TPSA) is 41.1 Å². The van der Waals surface area contributed by atoms with Crippen LogP contribution in [0, 0.1) is 5.82 Å². The van der Waals surface area contributed by atoms with Crippen LogP contribution in [0.25, 0.3) is 0 Å². The second-order valence-corrected chi connectivity index (χ2v) is 3.65. The number of carbonyl (C=O) groups is 1. The van der Waals surface area contributed by atoms with Crippen LogP contribution in [-0.2, 0) is 4.79 Å². The molecule has 0 aliphatic heterocycles. The van der Waals surface area contributed by atoms with E-state index in [0.29, 0.717) is 13.0 Å². The lowest BCUT2D eigenvalue weighted by atomic mass is 10.1. The quantitative estimate of drug-likeness (QED) is 0.798. The first-order valence-electron chi connectivity index (χ1n) is 5.33. The van der Waals surface area contributed by atoms with Gasteiger partial charge in [0.25, 0.3) is 0 Å². The van der Waals surface area contributed by atoms with Crippen molar-refractivity contribution in [2.45, 2.75) is 19.4 Å². The van der Waals surface area contributed by atoms with E-state index in [0.717, 1.165) is 5.56 Å². The largest absolute Gasteiger partial charge is 0.359 e. The Morgan fingerprint density at radius 3 is 2.56 bits per heavy atom. The summed E-state index contributed by atoms with van der Waals surface area (Å²) in [6.45, 7) is 2.59. The highest BCUT2D eigenvalue weighted by atomic mass is 19.1. The van der Waals surface area contributed by atoms with Crippen LogP contribution in [0.3, 0.4) is 0 Å². The molecule has 2 N–H and O–H groups in total. The third kappa shape index (κ3) is 3.98. The summed E-state index contributed by atoms with van der Waals surface area (Å²) in [6.07, 6.45) is 0.446. The molecule has 0 fully saturated rings. The third-order valence-corrected chi connectivity index (χ3v) is 2.45. The van der Waals surface area contributed by atoms with E-state index in [1.54, 1.807) is 19.2 Å². The first-order valence-corrected chi connectivity index (χ1v) is 5.33. The van der Waals surface area contributed by atoms with Gasteiger partial charge in [-0.25, -0.2) is 4.39 Å². The summed E-state index contributed by atoms with van der Waals surface area (Å²) in [5.41, 5.74) is 1.01. The molecule has 1 rings (SSSR count). The smallest absolute Gasteiger partial charge is 0.221 e. The molecule has 0 bridgehead atoms. The maximum Gasteiger partial charge on any atom is 0.221 e. The number of nitrogens with one attached hydrogen (secondary N) is 2. The number of amides is 1. The van der Waals surface area contributed by atoms with Crippen LogP contribution in [0.5, 0.6) is 0 Å². The molecule has 1 amide bonds. The lowest BCUT2D eigenvalue weighted by Gasteiger charge is -2.13. The van der Waals surface area contributed by atoms with Gasteiger partial charge in [-0.1, -0.05) is 12.1 Å². The molecule has 1 aromatic rings. The van der Waals surface area contributed by atoms with Gasteiger partial charge in [-0.05, 0) is 24.6 Å². The molecule has 1 atom stereocenters. The van der Waals surface area contributed by atoms with E-state index in [9.17, 15) is 9.18 Å². The summed E-state index contributed by atoms with van der Waals surface area (Å²) in [6, 6.07) is 6.48. The van der Waals surface area contributed by atoms with E-state index in [4.69, 9.17) is 0 Å². The fraction of sp³-hybridized carbons (Fsp3) is 0.417. The molecule has 0 saturated carbocycles. The Balaban J connectivity index is 2.37. The summed E-state index contributed by atoms with van der Waals surface area (Å²) >= 11 is 0. The molecule has 1 aromatic carbocycles. The predicted molar refractivity (Wildman–Crippen MR) is 61.5 cm³/mol. The fourth-order valence-electron chi connectivity index (χ4n) is 1.40. The standard InChI is InChI=1S/C12H17FN2O/c1-9(15-8-7-12(16)14-2)10-3-5-11(13)6-4-10/h3-6,9,15H,7-8H2,1-2H3,(H,14,16)/t9-/m0/s1. The van der Waals surface area contributed by atoms with Crippen molar-refractivity contribution in [1.29, 1.82) is 0 Å². The molecular weight excluding hydrogens is 207 g/mol. The van der Waals surface area contributed by atoms with Crippen molar-refractivity contribution in [1.82, 2.24) is 10.6 Å². The highest BCUT2D eigenvalue weighted by molar-refractivity contribution is 5.75. The molecule has 0 aliphatic rings. The van der Waals surface area contributed by atoms with Crippen molar-refractivity contribution in [3.63, 3.8) is 0 Å². The van der Waals surface area contributed by atoms with E-state index < -0.39 is 0 Å². The van der Waals surface area contributed by atoms with Crippen LogP contribution in [0.1, 0.15) is 24.9 Å². The Hall–Kier alpha value is -1.42. The Kier molecular flexibility index (Phi) is 4.92. The minimum Gasteiger partial charge on any atom is -0.359 e. The van der Waals surface area contributed by atoms with Crippen LogP contribution in [-0.4, -0.2) is 19.5 Å². The van der Waals surface area contributed by atoms with E-state index in [2.05, 4.69) is 10.6 Å². The Morgan fingerprint density at radius 1 is 1.38 bits per heavy atom. The van der Waals surface area contributed by atoms with Crippen LogP contribution < -0.4 is 10.6 Å². The van der Waals surface area contributed by atoms with Crippen LogP contribution in [0.15, 0.2) is 24.3 Å². The highest BCUT2D eigenvalue weighted by Gasteiger charge is 2.05. The van der Waals surface area contributed by atoms with Gasteiger partial charge in [0.15, 0.2) is 0 Å². The zero-order valence-electron chi connectivity index (χ0n) is 9.59. The predicted octanol–water partition coefficient (Wildman–Crippen LogP) is 1.61. The fourth-order valence-corrected chi connectivity index (χ4v) is 1.40. The molecule has 0 heterocycles. The minimum absolute atomic E-state index is 0.0128. The molecule has 0 unspecified atom stereocenters. The highest BCUT2D eigenvalue weighted by Crippen LogP contribution is 2.12. The zero-order chi connectivity index (χ0) is 12.0. The van der Waals surface area contributed by atoms with Gasteiger partial charge in [0, 0.05) is 26.1 Å². The summed E-state index contributed by atoms with van der Waals surface area (Å²) in [5.74, 6) is -0.222. The number of hydrogen-bond donors (Lipinski definition) is 2. The molecule has 88 valence electrons. The van der Waals surface area contributed by atoms with Crippen molar-refractivity contribution >= 4 is 5.91 Å². The zero-order valence-corrected chi connectivity index (χ0v) is 9.59. The molecule has 0 spiro atoms. The number of benzene rings is 1. The molecule has 4 heteroatoms. The van der Waals surface area contributed by atoms with Crippen LogP contribution in [0.2, 0.25) is 0 Å². The monoisotopic (exact) mass is 224 g/mol. The van der Waals surface area contributed by atoms with Crippen molar-refractivity contribution in [2.24, 2.45) is 0 Å². The summed E-state index contributed by atoms with van der Waals surface area (Å²) in [4.78, 5) is 11.0. The average molecular weight is 224 g/mol. The minimum atomic E-state index is -0.235. The van der Waals surface area contributed by atoms with E-state index in [-0.39, 0.29) is 17.8 Å². The van der Waals surface area contributed by atoms with Gasteiger partial charge in [-0.2, -0.15) is 0 Å². The molecule has 16 heavy (non-hydrogen) atoms.